The predicted octanol–water partition coefficient (Wildman–Crippen LogP) is 2.33. The first-order valence-corrected chi connectivity index (χ1v) is 4.30. The number of pyridine rings is 1. The van der Waals surface area contributed by atoms with Gasteiger partial charge < -0.3 is 0 Å². The zero-order valence-electron chi connectivity index (χ0n) is 6.46. The number of carbonyl (C=O) groups is 1. The number of rotatable bonds is 2. The van der Waals surface area contributed by atoms with E-state index in [0.717, 1.165) is 12.8 Å². The van der Waals surface area contributed by atoms with E-state index in [4.69, 9.17) is 11.6 Å². The van der Waals surface area contributed by atoms with Crippen molar-refractivity contribution in [3.05, 3.63) is 29.0 Å². The summed E-state index contributed by atoms with van der Waals surface area (Å²) in [4.78, 5) is 15.3. The number of hydrogen-bond donors (Lipinski definition) is 0. The summed E-state index contributed by atoms with van der Waals surface area (Å²) in [5.74, 6) is 0.396. The molecule has 0 N–H and O–H groups in total. The molecule has 0 radical (unpaired) electrons. The van der Waals surface area contributed by atoms with Crippen molar-refractivity contribution in [3.8, 4) is 0 Å². The van der Waals surface area contributed by atoms with Crippen molar-refractivity contribution in [2.75, 3.05) is 0 Å². The minimum absolute atomic E-state index is 0.169. The molecule has 0 amide bonds. The first kappa shape index (κ1) is 7.74. The lowest BCUT2D eigenvalue weighted by atomic mass is 10.1. The van der Waals surface area contributed by atoms with Gasteiger partial charge in [-0.25, -0.2) is 0 Å². The molecule has 1 heterocycles. The minimum Gasteiger partial charge on any atom is -0.294 e. The van der Waals surface area contributed by atoms with Gasteiger partial charge in [-0.2, -0.15) is 0 Å². The molecule has 2 nitrogen and oxygen atoms in total. The van der Waals surface area contributed by atoms with Crippen LogP contribution in [0.25, 0.3) is 0 Å². The SMILES string of the molecule is O=C(c1ccncc1Cl)C1CC1. The highest BCUT2D eigenvalue weighted by Gasteiger charge is 2.31. The minimum atomic E-state index is 0.169. The predicted molar refractivity (Wildman–Crippen MR) is 46.3 cm³/mol. The van der Waals surface area contributed by atoms with E-state index < -0.39 is 0 Å². The summed E-state index contributed by atoms with van der Waals surface area (Å²) in [6.45, 7) is 0. The van der Waals surface area contributed by atoms with Crippen molar-refractivity contribution < 1.29 is 4.79 Å². The third-order valence-electron chi connectivity index (χ3n) is 1.99. The summed E-state index contributed by atoms with van der Waals surface area (Å²) in [7, 11) is 0. The number of Topliss-reactive ketones (excluding diaryl/α,β-unsaturated/α-hetero) is 1. The first-order chi connectivity index (χ1) is 5.79. The maximum atomic E-state index is 11.5. The molecule has 1 aromatic rings. The molecule has 3 heteroatoms. The number of nitrogens with zero attached hydrogens (tertiary/aromatic N) is 1. The summed E-state index contributed by atoms with van der Waals surface area (Å²) >= 11 is 5.81. The van der Waals surface area contributed by atoms with Gasteiger partial charge in [-0.15, -0.1) is 0 Å². The zero-order chi connectivity index (χ0) is 8.55. The fraction of sp³-hybridized carbons (Fsp3) is 0.333. The number of ketones is 1. The molecule has 0 atom stereocenters. The molecule has 0 unspecified atom stereocenters. The maximum absolute atomic E-state index is 11.5. The second-order valence-electron chi connectivity index (χ2n) is 2.99. The molecule has 1 fully saturated rings. The molecule has 1 saturated carbocycles. The standard InChI is InChI=1S/C9H8ClNO/c10-8-5-11-4-3-7(8)9(12)6-1-2-6/h3-6H,1-2H2. The van der Waals surface area contributed by atoms with Gasteiger partial charge in [-0.05, 0) is 18.9 Å². The Morgan fingerprint density at radius 2 is 2.33 bits per heavy atom. The van der Waals surface area contributed by atoms with Crippen molar-refractivity contribution in [1.29, 1.82) is 0 Å². The monoisotopic (exact) mass is 181 g/mol. The average Bonchev–Trinajstić information content (AvgIpc) is 2.86. The molecular formula is C9H8ClNO. The van der Waals surface area contributed by atoms with E-state index in [1.54, 1.807) is 12.3 Å². The molecule has 0 aliphatic heterocycles. The molecule has 2 rings (SSSR count). The number of aromatic nitrogens is 1. The number of carbonyl (C=O) groups excluding carboxylic acids is 1. The van der Waals surface area contributed by atoms with Crippen LogP contribution in [0, 0.1) is 5.92 Å². The lowest BCUT2D eigenvalue weighted by Crippen LogP contribution is -2.01. The Kier molecular flexibility index (Phi) is 1.85. The van der Waals surface area contributed by atoms with Gasteiger partial charge in [0.15, 0.2) is 5.78 Å². The van der Waals surface area contributed by atoms with E-state index in [-0.39, 0.29) is 11.7 Å². The molecule has 1 aliphatic carbocycles. The van der Waals surface area contributed by atoms with Gasteiger partial charge >= 0.3 is 0 Å². The van der Waals surface area contributed by atoms with Crippen molar-refractivity contribution >= 4 is 17.4 Å². The highest BCUT2D eigenvalue weighted by Crippen LogP contribution is 2.34. The lowest BCUT2D eigenvalue weighted by molar-refractivity contribution is 0.0967. The van der Waals surface area contributed by atoms with E-state index in [0.29, 0.717) is 10.6 Å². The van der Waals surface area contributed by atoms with Crippen LogP contribution in [0.15, 0.2) is 18.5 Å². The third-order valence-corrected chi connectivity index (χ3v) is 2.29. The van der Waals surface area contributed by atoms with E-state index >= 15 is 0 Å². The van der Waals surface area contributed by atoms with Crippen LogP contribution in [0.3, 0.4) is 0 Å². The fourth-order valence-electron chi connectivity index (χ4n) is 1.14. The summed E-state index contributed by atoms with van der Waals surface area (Å²) in [6, 6.07) is 1.68. The molecule has 0 aromatic carbocycles. The topological polar surface area (TPSA) is 30.0 Å². The van der Waals surface area contributed by atoms with Gasteiger partial charge in [0.2, 0.25) is 0 Å². The Balaban J connectivity index is 2.32. The van der Waals surface area contributed by atoms with E-state index in [1.807, 2.05) is 0 Å². The van der Waals surface area contributed by atoms with Crippen LogP contribution in [-0.4, -0.2) is 10.8 Å². The molecule has 1 aromatic heterocycles. The third kappa shape index (κ3) is 1.34. The normalized spacial score (nSPS) is 16.1. The Bertz CT molecular complexity index is 320. The Hall–Kier alpha value is -0.890. The highest BCUT2D eigenvalue weighted by molar-refractivity contribution is 6.33. The number of halogens is 1. The Labute approximate surface area is 75.6 Å². The summed E-state index contributed by atoms with van der Waals surface area (Å²) in [5.41, 5.74) is 0.620. The highest BCUT2D eigenvalue weighted by atomic mass is 35.5. The molecule has 0 saturated heterocycles. The quantitative estimate of drug-likeness (QED) is 0.656. The zero-order valence-corrected chi connectivity index (χ0v) is 7.21. The lowest BCUT2D eigenvalue weighted by Gasteiger charge is -1.99. The van der Waals surface area contributed by atoms with Crippen molar-refractivity contribution in [3.63, 3.8) is 0 Å². The van der Waals surface area contributed by atoms with Crippen molar-refractivity contribution in [2.24, 2.45) is 5.92 Å². The summed E-state index contributed by atoms with van der Waals surface area (Å²) in [6.07, 6.45) is 5.13. The smallest absolute Gasteiger partial charge is 0.167 e. The first-order valence-electron chi connectivity index (χ1n) is 3.93. The van der Waals surface area contributed by atoms with Crippen LogP contribution in [0.2, 0.25) is 5.02 Å². The summed E-state index contributed by atoms with van der Waals surface area (Å²) in [5, 5.41) is 0.467. The van der Waals surface area contributed by atoms with Gasteiger partial charge in [0.1, 0.15) is 0 Å². The van der Waals surface area contributed by atoms with E-state index in [1.165, 1.54) is 6.20 Å². The average molecular weight is 182 g/mol. The van der Waals surface area contributed by atoms with Crippen LogP contribution < -0.4 is 0 Å². The second kappa shape index (κ2) is 2.87. The van der Waals surface area contributed by atoms with Gasteiger partial charge in [0, 0.05) is 23.9 Å². The van der Waals surface area contributed by atoms with Crippen LogP contribution in [0.1, 0.15) is 23.2 Å². The second-order valence-corrected chi connectivity index (χ2v) is 3.40. The van der Waals surface area contributed by atoms with Gasteiger partial charge in [0.25, 0.3) is 0 Å². The van der Waals surface area contributed by atoms with Crippen LogP contribution in [0.5, 0.6) is 0 Å². The van der Waals surface area contributed by atoms with E-state index in [2.05, 4.69) is 4.98 Å². The molecule has 0 bridgehead atoms. The Morgan fingerprint density at radius 1 is 1.58 bits per heavy atom. The molecular weight excluding hydrogens is 174 g/mol. The largest absolute Gasteiger partial charge is 0.294 e. The molecule has 1 aliphatic rings. The summed E-state index contributed by atoms with van der Waals surface area (Å²) < 4.78 is 0. The van der Waals surface area contributed by atoms with Crippen LogP contribution >= 0.6 is 11.6 Å². The van der Waals surface area contributed by atoms with Gasteiger partial charge in [-0.3, -0.25) is 9.78 Å². The van der Waals surface area contributed by atoms with Crippen molar-refractivity contribution in [1.82, 2.24) is 4.98 Å². The number of hydrogen-bond acceptors (Lipinski definition) is 2. The molecule has 62 valence electrons. The van der Waals surface area contributed by atoms with E-state index in [9.17, 15) is 4.79 Å². The maximum Gasteiger partial charge on any atom is 0.167 e. The molecule has 12 heavy (non-hydrogen) atoms. The van der Waals surface area contributed by atoms with Gasteiger partial charge in [-0.1, -0.05) is 11.6 Å². The fourth-order valence-corrected chi connectivity index (χ4v) is 1.35. The van der Waals surface area contributed by atoms with Crippen LogP contribution in [-0.2, 0) is 0 Å². The Morgan fingerprint density at radius 3 is 2.92 bits per heavy atom. The molecule has 0 spiro atoms. The van der Waals surface area contributed by atoms with Gasteiger partial charge in [0.05, 0.1) is 5.02 Å². The van der Waals surface area contributed by atoms with Crippen molar-refractivity contribution in [2.45, 2.75) is 12.8 Å². The van der Waals surface area contributed by atoms with Crippen LogP contribution in [0.4, 0.5) is 0 Å².